The van der Waals surface area contributed by atoms with Crippen LogP contribution in [0.25, 0.3) is 0 Å². The largest absolute Gasteiger partial charge is 0.417 e. The van der Waals surface area contributed by atoms with Gasteiger partial charge in [0.15, 0.2) is 0 Å². The molecule has 0 fully saturated rings. The smallest absolute Gasteiger partial charge is 0.262 e. The first kappa shape index (κ1) is 15.3. The monoisotopic (exact) mass is 315 g/mol. The minimum atomic E-state index is -4.73. The molecular formula is C14H9ClF3NO2. The predicted octanol–water partition coefficient (Wildman–Crippen LogP) is 4.42. The molecule has 0 aliphatic heterocycles. The van der Waals surface area contributed by atoms with E-state index >= 15 is 0 Å². The second-order valence-corrected chi connectivity index (χ2v) is 4.84. The molecule has 0 amide bonds. The summed E-state index contributed by atoms with van der Waals surface area (Å²) in [4.78, 5) is 7.99. The Kier molecular flexibility index (Phi) is 3.91. The van der Waals surface area contributed by atoms with E-state index in [4.69, 9.17) is 11.6 Å². The molecule has 0 aliphatic rings. The molecule has 7 heteroatoms. The van der Waals surface area contributed by atoms with Crippen LogP contribution in [0.15, 0.2) is 54.6 Å². The van der Waals surface area contributed by atoms with Gasteiger partial charge in [0.25, 0.3) is 0 Å². The second kappa shape index (κ2) is 5.37. The molecule has 110 valence electrons. The normalized spacial score (nSPS) is 14.5. The number of rotatable bonds is 3. The van der Waals surface area contributed by atoms with Crippen LogP contribution in [-0.4, -0.2) is 4.92 Å². The first-order valence-electron chi connectivity index (χ1n) is 5.83. The summed E-state index contributed by atoms with van der Waals surface area (Å²) in [5, 5.41) is 11.4. The third-order valence-electron chi connectivity index (χ3n) is 3.00. The summed E-state index contributed by atoms with van der Waals surface area (Å²) in [7, 11) is 0. The highest BCUT2D eigenvalue weighted by atomic mass is 35.5. The standard InChI is InChI=1S/C14H9ClF3NO2/c15-13(19(20)21,10-6-2-1-3-7-10)11-8-4-5-9-12(11)14(16,17)18/h1-9H. The van der Waals surface area contributed by atoms with Crippen molar-refractivity contribution in [3.8, 4) is 0 Å². The molecule has 0 radical (unpaired) electrons. The van der Waals surface area contributed by atoms with E-state index in [1.807, 2.05) is 0 Å². The molecular weight excluding hydrogens is 307 g/mol. The van der Waals surface area contributed by atoms with Crippen molar-refractivity contribution in [1.29, 1.82) is 0 Å². The van der Waals surface area contributed by atoms with Crippen LogP contribution < -0.4 is 0 Å². The first-order valence-corrected chi connectivity index (χ1v) is 6.21. The maximum absolute atomic E-state index is 13.1. The lowest BCUT2D eigenvalue weighted by atomic mass is 9.94. The molecule has 0 saturated heterocycles. The third-order valence-corrected chi connectivity index (χ3v) is 3.56. The van der Waals surface area contributed by atoms with E-state index in [0.29, 0.717) is 0 Å². The maximum atomic E-state index is 13.1. The molecule has 0 saturated carbocycles. The van der Waals surface area contributed by atoms with Crippen molar-refractivity contribution in [2.75, 3.05) is 0 Å². The molecule has 2 rings (SSSR count). The van der Waals surface area contributed by atoms with Gasteiger partial charge in [-0.25, -0.2) is 0 Å². The lowest BCUT2D eigenvalue weighted by Crippen LogP contribution is -2.33. The van der Waals surface area contributed by atoms with Gasteiger partial charge in [-0.1, -0.05) is 42.5 Å². The Morgan fingerprint density at radius 1 is 0.905 bits per heavy atom. The Bertz CT molecular complexity index is 661. The van der Waals surface area contributed by atoms with E-state index in [2.05, 4.69) is 0 Å². The van der Waals surface area contributed by atoms with Crippen molar-refractivity contribution < 1.29 is 18.1 Å². The van der Waals surface area contributed by atoms with Gasteiger partial charge in [0.1, 0.15) is 0 Å². The predicted molar refractivity (Wildman–Crippen MR) is 71.5 cm³/mol. The SMILES string of the molecule is O=[N+]([O-])C(Cl)(c1ccccc1)c1ccccc1C(F)(F)F. The van der Waals surface area contributed by atoms with Crippen molar-refractivity contribution in [2.24, 2.45) is 0 Å². The molecule has 0 aliphatic carbocycles. The van der Waals surface area contributed by atoms with Gasteiger partial charge in [-0.05, 0) is 23.7 Å². The molecule has 2 aromatic carbocycles. The van der Waals surface area contributed by atoms with Crippen LogP contribution in [-0.2, 0) is 11.2 Å². The number of hydrogen-bond acceptors (Lipinski definition) is 2. The molecule has 0 heterocycles. The highest BCUT2D eigenvalue weighted by Gasteiger charge is 2.50. The minimum absolute atomic E-state index is 0.0339. The molecule has 0 spiro atoms. The highest BCUT2D eigenvalue weighted by Crippen LogP contribution is 2.43. The van der Waals surface area contributed by atoms with Gasteiger partial charge in [0.2, 0.25) is 0 Å². The van der Waals surface area contributed by atoms with Crippen LogP contribution in [0.3, 0.4) is 0 Å². The van der Waals surface area contributed by atoms with E-state index in [1.54, 1.807) is 6.07 Å². The zero-order valence-electron chi connectivity index (χ0n) is 10.5. The molecule has 1 unspecified atom stereocenters. The van der Waals surface area contributed by atoms with Gasteiger partial charge in [-0.2, -0.15) is 13.2 Å². The molecule has 1 atom stereocenters. The minimum Gasteiger partial charge on any atom is -0.262 e. The quantitative estimate of drug-likeness (QED) is 0.364. The van der Waals surface area contributed by atoms with Gasteiger partial charge in [-0.15, -0.1) is 0 Å². The summed E-state index contributed by atoms with van der Waals surface area (Å²) < 4.78 is 39.2. The molecule has 0 aromatic heterocycles. The van der Waals surface area contributed by atoms with Gasteiger partial charge >= 0.3 is 11.2 Å². The van der Waals surface area contributed by atoms with Gasteiger partial charge < -0.3 is 0 Å². The summed E-state index contributed by atoms with van der Waals surface area (Å²) in [6.45, 7) is 0. The van der Waals surface area contributed by atoms with Crippen molar-refractivity contribution in [2.45, 2.75) is 11.2 Å². The Labute approximate surface area is 123 Å². The first-order chi connectivity index (χ1) is 9.78. The Morgan fingerprint density at radius 2 is 1.38 bits per heavy atom. The lowest BCUT2D eigenvalue weighted by molar-refractivity contribution is -0.538. The molecule has 2 aromatic rings. The molecule has 21 heavy (non-hydrogen) atoms. The zero-order chi connectivity index (χ0) is 15.7. The fourth-order valence-electron chi connectivity index (χ4n) is 2.04. The summed E-state index contributed by atoms with van der Waals surface area (Å²) in [6.07, 6.45) is -4.73. The molecule has 0 N–H and O–H groups in total. The molecule has 0 bridgehead atoms. The van der Waals surface area contributed by atoms with Crippen LogP contribution >= 0.6 is 11.6 Å². The Balaban J connectivity index is 2.74. The number of hydrogen-bond donors (Lipinski definition) is 0. The number of alkyl halides is 4. The van der Waals surface area contributed by atoms with Gasteiger partial charge in [0.05, 0.1) is 16.1 Å². The van der Waals surface area contributed by atoms with Gasteiger partial charge in [-0.3, -0.25) is 10.1 Å². The second-order valence-electron chi connectivity index (χ2n) is 4.29. The van der Waals surface area contributed by atoms with E-state index in [9.17, 15) is 23.3 Å². The van der Waals surface area contributed by atoms with Crippen LogP contribution in [0.4, 0.5) is 13.2 Å². The fourth-order valence-corrected chi connectivity index (χ4v) is 2.33. The van der Waals surface area contributed by atoms with Crippen molar-refractivity contribution in [1.82, 2.24) is 0 Å². The lowest BCUT2D eigenvalue weighted by Gasteiger charge is -2.22. The van der Waals surface area contributed by atoms with E-state index < -0.39 is 27.2 Å². The van der Waals surface area contributed by atoms with Crippen molar-refractivity contribution in [3.63, 3.8) is 0 Å². The van der Waals surface area contributed by atoms with Gasteiger partial charge in [0, 0.05) is 5.56 Å². The Hall–Kier alpha value is -2.08. The summed E-state index contributed by atoms with van der Waals surface area (Å²) in [6, 6.07) is 11.4. The Morgan fingerprint density at radius 3 is 1.86 bits per heavy atom. The average Bonchev–Trinajstić information content (AvgIpc) is 2.46. The van der Waals surface area contributed by atoms with Crippen LogP contribution in [0, 0.1) is 10.1 Å². The topological polar surface area (TPSA) is 43.1 Å². The van der Waals surface area contributed by atoms with Crippen molar-refractivity contribution in [3.05, 3.63) is 81.4 Å². The summed E-state index contributed by atoms with van der Waals surface area (Å²) in [5.74, 6) is 0. The third kappa shape index (κ3) is 2.71. The maximum Gasteiger partial charge on any atom is 0.417 e. The van der Waals surface area contributed by atoms with Crippen LogP contribution in [0.5, 0.6) is 0 Å². The van der Waals surface area contributed by atoms with E-state index in [1.165, 1.54) is 30.3 Å². The zero-order valence-corrected chi connectivity index (χ0v) is 11.2. The van der Waals surface area contributed by atoms with Crippen LogP contribution in [0.1, 0.15) is 16.7 Å². The van der Waals surface area contributed by atoms with E-state index in [-0.39, 0.29) is 5.56 Å². The van der Waals surface area contributed by atoms with Crippen LogP contribution in [0.2, 0.25) is 0 Å². The fraction of sp³-hybridized carbons (Fsp3) is 0.143. The number of halogens is 4. The number of nitrogens with zero attached hydrogens (tertiary/aromatic N) is 1. The van der Waals surface area contributed by atoms with Crippen molar-refractivity contribution >= 4 is 11.6 Å². The van der Waals surface area contributed by atoms with E-state index in [0.717, 1.165) is 18.2 Å². The number of nitro groups is 1. The summed E-state index contributed by atoms with van der Waals surface area (Å²) in [5.41, 5.74) is -1.76. The number of benzene rings is 2. The molecule has 3 nitrogen and oxygen atoms in total. The highest BCUT2D eigenvalue weighted by molar-refractivity contribution is 6.24. The summed E-state index contributed by atoms with van der Waals surface area (Å²) >= 11 is 6.04. The average molecular weight is 316 g/mol.